The van der Waals surface area contributed by atoms with Gasteiger partial charge in [0.15, 0.2) is 17.3 Å². The number of rotatable bonds is 9. The van der Waals surface area contributed by atoms with Crippen LogP contribution in [0, 0.1) is 0 Å². The summed E-state index contributed by atoms with van der Waals surface area (Å²) in [5.41, 5.74) is 1.06. The summed E-state index contributed by atoms with van der Waals surface area (Å²) < 4.78 is 16.2. The van der Waals surface area contributed by atoms with Gasteiger partial charge in [0.05, 0.1) is 13.2 Å². The van der Waals surface area contributed by atoms with E-state index in [-0.39, 0.29) is 37.0 Å². The van der Waals surface area contributed by atoms with Gasteiger partial charge in [0.25, 0.3) is 0 Å². The maximum atomic E-state index is 12.3. The molecule has 0 unspecified atom stereocenters. The van der Waals surface area contributed by atoms with Gasteiger partial charge in [0, 0.05) is 24.1 Å². The molecule has 0 radical (unpaired) electrons. The highest BCUT2D eigenvalue weighted by Gasteiger charge is 2.16. The number of hydrogen-bond acceptors (Lipinski definition) is 6. The Kier molecular flexibility index (Phi) is 7.26. The molecule has 2 aromatic carbocycles. The number of benzene rings is 2. The highest BCUT2D eigenvalue weighted by atomic mass is 16.6. The zero-order valence-corrected chi connectivity index (χ0v) is 16.7. The van der Waals surface area contributed by atoms with Gasteiger partial charge >= 0.3 is 0 Å². The van der Waals surface area contributed by atoms with Gasteiger partial charge in [-0.25, -0.2) is 0 Å². The molecule has 1 aliphatic heterocycles. The van der Waals surface area contributed by atoms with E-state index in [1.807, 2.05) is 6.92 Å². The number of carbonyl (C=O) groups excluding carboxylic acids is 3. The number of ether oxygens (including phenoxy) is 3. The van der Waals surface area contributed by atoms with E-state index in [4.69, 9.17) is 14.2 Å². The Morgan fingerprint density at radius 1 is 0.933 bits per heavy atom. The lowest BCUT2D eigenvalue weighted by atomic mass is 10.1. The molecule has 0 saturated heterocycles. The van der Waals surface area contributed by atoms with Crippen molar-refractivity contribution in [2.24, 2.45) is 0 Å². The van der Waals surface area contributed by atoms with Crippen LogP contribution in [0.1, 0.15) is 30.1 Å². The molecule has 158 valence electrons. The minimum absolute atomic E-state index is 0.0103. The third-order valence-electron chi connectivity index (χ3n) is 4.34. The maximum Gasteiger partial charge on any atom is 0.243 e. The first-order chi connectivity index (χ1) is 14.5. The molecule has 1 aliphatic rings. The van der Waals surface area contributed by atoms with E-state index in [1.165, 1.54) is 0 Å². The van der Waals surface area contributed by atoms with Crippen LogP contribution < -0.4 is 24.8 Å². The van der Waals surface area contributed by atoms with Gasteiger partial charge < -0.3 is 24.8 Å². The number of fused-ring (bicyclic) bond motifs is 1. The molecule has 8 nitrogen and oxygen atoms in total. The number of nitrogens with one attached hydrogen (secondary N) is 2. The van der Waals surface area contributed by atoms with E-state index < -0.39 is 0 Å². The van der Waals surface area contributed by atoms with Gasteiger partial charge in [-0.1, -0.05) is 0 Å². The van der Waals surface area contributed by atoms with Crippen LogP contribution in [0.25, 0.3) is 0 Å². The van der Waals surface area contributed by atoms with E-state index in [2.05, 4.69) is 10.6 Å². The van der Waals surface area contributed by atoms with Crippen molar-refractivity contribution in [1.29, 1.82) is 0 Å². The minimum atomic E-state index is -0.372. The number of hydrogen-bond donors (Lipinski definition) is 2. The highest BCUT2D eigenvalue weighted by Crippen LogP contribution is 2.31. The van der Waals surface area contributed by atoms with Crippen LogP contribution in [0.5, 0.6) is 17.2 Å². The first-order valence-corrected chi connectivity index (χ1v) is 9.77. The van der Waals surface area contributed by atoms with Crippen molar-refractivity contribution >= 4 is 23.3 Å². The van der Waals surface area contributed by atoms with Crippen LogP contribution in [-0.4, -0.2) is 44.0 Å². The van der Waals surface area contributed by atoms with Crippen molar-refractivity contribution in [3.63, 3.8) is 0 Å². The molecule has 0 aromatic heterocycles. The number of amides is 2. The standard InChI is InChI=1S/C22H24N2O6/c1-2-28-17-6-4-16(5-7-17)24-22(27)14-23-21(26)10-8-18(25)15-3-9-19-20(13-15)30-12-11-29-19/h3-7,9,13H,2,8,10-12,14H2,1H3,(H,23,26)(H,24,27). The molecule has 1 heterocycles. The second-order valence-electron chi connectivity index (χ2n) is 6.56. The first kappa shape index (κ1) is 21.2. The number of ketones is 1. The molecule has 30 heavy (non-hydrogen) atoms. The molecule has 0 atom stereocenters. The summed E-state index contributed by atoms with van der Waals surface area (Å²) in [6, 6.07) is 11.9. The Bertz CT molecular complexity index is 910. The predicted octanol–water partition coefficient (Wildman–Crippen LogP) is 2.57. The molecule has 0 saturated carbocycles. The molecule has 8 heteroatoms. The molecule has 2 aromatic rings. The van der Waals surface area contributed by atoms with Crippen molar-refractivity contribution < 1.29 is 28.6 Å². The predicted molar refractivity (Wildman–Crippen MR) is 110 cm³/mol. The van der Waals surface area contributed by atoms with Crippen molar-refractivity contribution in [2.45, 2.75) is 19.8 Å². The van der Waals surface area contributed by atoms with Crippen molar-refractivity contribution in [1.82, 2.24) is 5.32 Å². The lowest BCUT2D eigenvalue weighted by Gasteiger charge is -2.18. The van der Waals surface area contributed by atoms with E-state index in [0.717, 1.165) is 0 Å². The van der Waals surface area contributed by atoms with Crippen LogP contribution in [0.15, 0.2) is 42.5 Å². The van der Waals surface area contributed by atoms with Crippen molar-refractivity contribution in [3.8, 4) is 17.2 Å². The van der Waals surface area contributed by atoms with Gasteiger partial charge in [-0.05, 0) is 49.4 Å². The Hall–Kier alpha value is -3.55. The van der Waals surface area contributed by atoms with Crippen molar-refractivity contribution in [3.05, 3.63) is 48.0 Å². The normalized spacial score (nSPS) is 12.0. The average Bonchev–Trinajstić information content (AvgIpc) is 2.77. The average molecular weight is 412 g/mol. The lowest BCUT2D eigenvalue weighted by Crippen LogP contribution is -2.33. The van der Waals surface area contributed by atoms with E-state index in [9.17, 15) is 14.4 Å². The van der Waals surface area contributed by atoms with Gasteiger partial charge in [0.1, 0.15) is 19.0 Å². The Morgan fingerprint density at radius 2 is 1.67 bits per heavy atom. The van der Waals surface area contributed by atoms with E-state index in [1.54, 1.807) is 42.5 Å². The largest absolute Gasteiger partial charge is 0.494 e. The molecular formula is C22H24N2O6. The third-order valence-corrected chi connectivity index (χ3v) is 4.34. The summed E-state index contributed by atoms with van der Waals surface area (Å²) >= 11 is 0. The summed E-state index contributed by atoms with van der Waals surface area (Å²) in [6.07, 6.45) is 0.0234. The van der Waals surface area contributed by atoms with Crippen LogP contribution in [0.3, 0.4) is 0 Å². The fraction of sp³-hybridized carbons (Fsp3) is 0.318. The molecular weight excluding hydrogens is 388 g/mol. The fourth-order valence-corrected chi connectivity index (χ4v) is 2.86. The van der Waals surface area contributed by atoms with Crippen LogP contribution in [0.4, 0.5) is 5.69 Å². The molecule has 3 rings (SSSR count). The number of Topliss-reactive ketones (excluding diaryl/α,β-unsaturated/α-hetero) is 1. The van der Waals surface area contributed by atoms with Gasteiger partial charge in [-0.2, -0.15) is 0 Å². The molecule has 2 amide bonds. The van der Waals surface area contributed by atoms with Crippen LogP contribution in [-0.2, 0) is 9.59 Å². The highest BCUT2D eigenvalue weighted by molar-refractivity contribution is 5.99. The van der Waals surface area contributed by atoms with E-state index >= 15 is 0 Å². The van der Waals surface area contributed by atoms with E-state index in [0.29, 0.717) is 48.3 Å². The van der Waals surface area contributed by atoms with Gasteiger partial charge in [-0.15, -0.1) is 0 Å². The topological polar surface area (TPSA) is 103 Å². The smallest absolute Gasteiger partial charge is 0.243 e. The maximum absolute atomic E-state index is 12.3. The molecule has 0 spiro atoms. The first-order valence-electron chi connectivity index (χ1n) is 9.77. The van der Waals surface area contributed by atoms with Crippen LogP contribution >= 0.6 is 0 Å². The second-order valence-corrected chi connectivity index (χ2v) is 6.56. The summed E-state index contributed by atoms with van der Waals surface area (Å²) in [6.45, 7) is 3.19. The molecule has 0 aliphatic carbocycles. The Morgan fingerprint density at radius 3 is 2.40 bits per heavy atom. The summed E-state index contributed by atoms with van der Waals surface area (Å²) in [4.78, 5) is 36.3. The fourth-order valence-electron chi connectivity index (χ4n) is 2.86. The lowest BCUT2D eigenvalue weighted by molar-refractivity contribution is -0.124. The zero-order chi connectivity index (χ0) is 21.3. The Labute approximate surface area is 174 Å². The molecule has 2 N–H and O–H groups in total. The third kappa shape index (κ3) is 5.97. The number of carbonyl (C=O) groups is 3. The SMILES string of the molecule is CCOc1ccc(NC(=O)CNC(=O)CCC(=O)c2ccc3c(c2)OCCO3)cc1. The monoisotopic (exact) mass is 412 g/mol. The van der Waals surface area contributed by atoms with Gasteiger partial charge in [0.2, 0.25) is 11.8 Å². The van der Waals surface area contributed by atoms with Crippen molar-refractivity contribution in [2.75, 3.05) is 31.7 Å². The number of anilines is 1. The molecule has 0 bridgehead atoms. The quantitative estimate of drug-likeness (QED) is 0.614. The minimum Gasteiger partial charge on any atom is -0.494 e. The molecule has 0 fully saturated rings. The van der Waals surface area contributed by atoms with Crippen LogP contribution in [0.2, 0.25) is 0 Å². The van der Waals surface area contributed by atoms with Gasteiger partial charge in [-0.3, -0.25) is 14.4 Å². The Balaban J connectivity index is 1.40. The summed E-state index contributed by atoms with van der Waals surface area (Å²) in [7, 11) is 0. The summed E-state index contributed by atoms with van der Waals surface area (Å²) in [5.74, 6) is 0.942. The summed E-state index contributed by atoms with van der Waals surface area (Å²) in [5, 5.41) is 5.20. The second kappa shape index (κ2) is 10.3. The zero-order valence-electron chi connectivity index (χ0n) is 16.7.